The Kier molecular flexibility index (Phi) is 4.35. The number of fused-ring (bicyclic) bond motifs is 1. The third-order valence-electron chi connectivity index (χ3n) is 4.59. The second-order valence-corrected chi connectivity index (χ2v) is 6.26. The van der Waals surface area contributed by atoms with Crippen LogP contribution in [0.15, 0.2) is 61.1 Å². The quantitative estimate of drug-likeness (QED) is 0.551. The lowest BCUT2D eigenvalue weighted by molar-refractivity contribution is 0.409. The van der Waals surface area contributed by atoms with E-state index in [9.17, 15) is 0 Å². The van der Waals surface area contributed by atoms with Gasteiger partial charge in [0.1, 0.15) is 12.1 Å². The van der Waals surface area contributed by atoms with Crippen molar-refractivity contribution in [3.05, 3.63) is 78.0 Å². The predicted octanol–water partition coefficient (Wildman–Crippen LogP) is 3.89. The topological polar surface area (TPSA) is 52.3 Å². The van der Waals surface area contributed by atoms with E-state index in [0.29, 0.717) is 0 Å². The maximum absolute atomic E-state index is 5.46. The van der Waals surface area contributed by atoms with Gasteiger partial charge in [-0.05, 0) is 61.2 Å². The zero-order valence-corrected chi connectivity index (χ0v) is 14.9. The molecule has 0 radical (unpaired) electrons. The summed E-state index contributed by atoms with van der Waals surface area (Å²) in [5.74, 6) is 0.927. The van der Waals surface area contributed by atoms with E-state index >= 15 is 0 Å². The first kappa shape index (κ1) is 16.3. The summed E-state index contributed by atoms with van der Waals surface area (Å²) in [5.41, 5.74) is 6.39. The van der Waals surface area contributed by atoms with Crippen molar-refractivity contribution in [3.63, 3.8) is 0 Å². The van der Waals surface area contributed by atoms with Crippen LogP contribution in [0.5, 0.6) is 5.75 Å². The molecule has 0 fully saturated rings. The molecule has 130 valence electrons. The second kappa shape index (κ2) is 6.96. The Morgan fingerprint density at radius 2 is 1.92 bits per heavy atom. The van der Waals surface area contributed by atoms with E-state index in [1.54, 1.807) is 13.4 Å². The van der Waals surface area contributed by atoms with Crippen LogP contribution in [0.1, 0.15) is 17.0 Å². The van der Waals surface area contributed by atoms with Crippen molar-refractivity contribution in [1.82, 2.24) is 19.6 Å². The molecule has 5 heteroatoms. The first-order valence-electron chi connectivity index (χ1n) is 8.63. The van der Waals surface area contributed by atoms with Gasteiger partial charge in [-0.15, -0.1) is 10.2 Å². The molecule has 0 aliphatic heterocycles. The number of hydrogen-bond donors (Lipinski definition) is 0. The molecule has 0 unspecified atom stereocenters. The van der Waals surface area contributed by atoms with Crippen LogP contribution in [0.2, 0.25) is 0 Å². The normalized spacial score (nSPS) is 11.0. The van der Waals surface area contributed by atoms with Crippen LogP contribution in [0.25, 0.3) is 16.8 Å². The van der Waals surface area contributed by atoms with Gasteiger partial charge in [0.2, 0.25) is 0 Å². The van der Waals surface area contributed by atoms with Gasteiger partial charge in [-0.2, -0.15) is 0 Å². The molecule has 4 rings (SSSR count). The number of ether oxygens (including phenoxy) is 1. The minimum atomic E-state index is 0.869. The summed E-state index contributed by atoms with van der Waals surface area (Å²) < 4.78 is 7.53. The summed E-state index contributed by atoms with van der Waals surface area (Å²) in [6.45, 7) is 1.99. The van der Waals surface area contributed by atoms with Crippen molar-refractivity contribution in [3.8, 4) is 16.9 Å². The molecule has 0 aliphatic rings. The number of nitrogens with zero attached hydrogens (tertiary/aromatic N) is 4. The summed E-state index contributed by atoms with van der Waals surface area (Å²) in [4.78, 5) is 4.28. The zero-order chi connectivity index (χ0) is 17.9. The van der Waals surface area contributed by atoms with Crippen LogP contribution in [0.4, 0.5) is 0 Å². The summed E-state index contributed by atoms with van der Waals surface area (Å²) in [7, 11) is 1.71. The third kappa shape index (κ3) is 3.04. The van der Waals surface area contributed by atoms with Gasteiger partial charge in [-0.25, -0.2) is 0 Å². The third-order valence-corrected chi connectivity index (χ3v) is 4.59. The highest BCUT2D eigenvalue weighted by Crippen LogP contribution is 2.26. The van der Waals surface area contributed by atoms with Gasteiger partial charge in [0.05, 0.1) is 7.11 Å². The molecule has 0 atom stereocenters. The fraction of sp³-hybridized carbons (Fsp3) is 0.190. The Morgan fingerprint density at radius 1 is 1.04 bits per heavy atom. The van der Waals surface area contributed by atoms with Gasteiger partial charge in [0.15, 0.2) is 5.65 Å². The SMILES string of the molecule is COc1ccccc1CCc1ccc(-c2ccnc(C)c2)c2nncn12. The largest absolute Gasteiger partial charge is 0.496 e. The van der Waals surface area contributed by atoms with E-state index in [1.807, 2.05) is 37.4 Å². The van der Waals surface area contributed by atoms with Gasteiger partial charge in [0, 0.05) is 23.1 Å². The standard InChI is InChI=1S/C21H20N4O/c1-15-13-17(11-12-22-15)19-10-9-18(25-14-23-24-21(19)25)8-7-16-5-3-4-6-20(16)26-2/h3-6,9-14H,7-8H2,1-2H3. The first-order valence-corrected chi connectivity index (χ1v) is 8.63. The molecule has 0 amide bonds. The summed E-state index contributed by atoms with van der Waals surface area (Å²) in [6.07, 6.45) is 5.38. The minimum absolute atomic E-state index is 0.869. The van der Waals surface area contributed by atoms with Crippen LogP contribution < -0.4 is 4.74 Å². The number of methoxy groups -OCH3 is 1. The monoisotopic (exact) mass is 344 g/mol. The minimum Gasteiger partial charge on any atom is -0.496 e. The Balaban J connectivity index is 1.68. The molecular formula is C21H20N4O. The number of hydrogen-bond acceptors (Lipinski definition) is 4. The van der Waals surface area contributed by atoms with E-state index in [2.05, 4.69) is 43.8 Å². The van der Waals surface area contributed by atoms with Crippen molar-refractivity contribution in [2.75, 3.05) is 7.11 Å². The van der Waals surface area contributed by atoms with Crippen molar-refractivity contribution in [2.45, 2.75) is 19.8 Å². The highest BCUT2D eigenvalue weighted by molar-refractivity contribution is 5.77. The van der Waals surface area contributed by atoms with E-state index < -0.39 is 0 Å². The average Bonchev–Trinajstić information content (AvgIpc) is 3.16. The fourth-order valence-electron chi connectivity index (χ4n) is 3.28. The summed E-state index contributed by atoms with van der Waals surface area (Å²) in [5, 5.41) is 8.47. The van der Waals surface area contributed by atoms with Crippen LogP contribution in [0, 0.1) is 6.92 Å². The lowest BCUT2D eigenvalue weighted by atomic mass is 10.0. The Labute approximate surface area is 152 Å². The van der Waals surface area contributed by atoms with Crippen molar-refractivity contribution >= 4 is 5.65 Å². The van der Waals surface area contributed by atoms with Crippen LogP contribution in [-0.2, 0) is 12.8 Å². The van der Waals surface area contributed by atoms with Gasteiger partial charge >= 0.3 is 0 Å². The summed E-state index contributed by atoms with van der Waals surface area (Å²) >= 11 is 0. The number of aryl methyl sites for hydroxylation is 3. The molecule has 0 spiro atoms. The van der Waals surface area contributed by atoms with Crippen LogP contribution in [-0.4, -0.2) is 26.7 Å². The fourth-order valence-corrected chi connectivity index (χ4v) is 3.28. The van der Waals surface area contributed by atoms with Gasteiger partial charge in [-0.3, -0.25) is 9.38 Å². The number of rotatable bonds is 5. The summed E-state index contributed by atoms with van der Waals surface area (Å²) in [6, 6.07) is 16.5. The lowest BCUT2D eigenvalue weighted by Gasteiger charge is -2.11. The van der Waals surface area contributed by atoms with E-state index in [-0.39, 0.29) is 0 Å². The van der Waals surface area contributed by atoms with Crippen LogP contribution >= 0.6 is 0 Å². The molecule has 26 heavy (non-hydrogen) atoms. The van der Waals surface area contributed by atoms with Gasteiger partial charge in [0.25, 0.3) is 0 Å². The predicted molar refractivity (Wildman–Crippen MR) is 101 cm³/mol. The molecular weight excluding hydrogens is 324 g/mol. The smallest absolute Gasteiger partial charge is 0.168 e. The average molecular weight is 344 g/mol. The molecule has 0 bridgehead atoms. The highest BCUT2D eigenvalue weighted by Gasteiger charge is 2.11. The lowest BCUT2D eigenvalue weighted by Crippen LogP contribution is -2.01. The maximum atomic E-state index is 5.46. The number of pyridine rings is 2. The molecule has 0 saturated carbocycles. The molecule has 0 N–H and O–H groups in total. The number of aromatic nitrogens is 4. The van der Waals surface area contributed by atoms with Crippen molar-refractivity contribution in [2.24, 2.45) is 0 Å². The molecule has 0 saturated heterocycles. The molecule has 1 aromatic carbocycles. The number of para-hydroxylation sites is 1. The highest BCUT2D eigenvalue weighted by atomic mass is 16.5. The van der Waals surface area contributed by atoms with Gasteiger partial charge in [-0.1, -0.05) is 18.2 Å². The number of benzene rings is 1. The van der Waals surface area contributed by atoms with Crippen molar-refractivity contribution < 1.29 is 4.74 Å². The Bertz CT molecular complexity index is 1050. The zero-order valence-electron chi connectivity index (χ0n) is 14.9. The molecule has 0 aliphatic carbocycles. The maximum Gasteiger partial charge on any atom is 0.168 e. The van der Waals surface area contributed by atoms with E-state index in [0.717, 1.165) is 41.1 Å². The first-order chi connectivity index (χ1) is 12.8. The Hall–Kier alpha value is -3.21. The molecule has 4 aromatic rings. The van der Waals surface area contributed by atoms with Crippen LogP contribution in [0.3, 0.4) is 0 Å². The van der Waals surface area contributed by atoms with Crippen molar-refractivity contribution in [1.29, 1.82) is 0 Å². The molecule has 3 heterocycles. The van der Waals surface area contributed by atoms with E-state index in [1.165, 1.54) is 11.3 Å². The van der Waals surface area contributed by atoms with Gasteiger partial charge < -0.3 is 4.74 Å². The van der Waals surface area contributed by atoms with E-state index in [4.69, 9.17) is 4.74 Å². The molecule has 3 aromatic heterocycles. The molecule has 5 nitrogen and oxygen atoms in total. The second-order valence-electron chi connectivity index (χ2n) is 6.26. The Morgan fingerprint density at radius 3 is 2.77 bits per heavy atom.